The maximum Gasteiger partial charge on any atom is 0.416 e. The van der Waals surface area contributed by atoms with E-state index >= 15 is 0 Å². The van der Waals surface area contributed by atoms with E-state index in [-0.39, 0.29) is 27.9 Å². The van der Waals surface area contributed by atoms with E-state index in [1.807, 2.05) is 0 Å². The minimum Gasteiger partial charge on any atom is -0.495 e. The van der Waals surface area contributed by atoms with Crippen LogP contribution in [0.5, 0.6) is 5.75 Å². The van der Waals surface area contributed by atoms with Gasteiger partial charge < -0.3 is 24.8 Å². The van der Waals surface area contributed by atoms with Crippen molar-refractivity contribution in [1.29, 1.82) is 0 Å². The van der Waals surface area contributed by atoms with Crippen LogP contribution in [0.4, 0.5) is 26.3 Å². The smallest absolute Gasteiger partial charge is 0.416 e. The number of hydrazone groups is 1. The van der Waals surface area contributed by atoms with Crippen LogP contribution in [0.25, 0.3) is 5.69 Å². The fraction of sp³-hybridized carbons (Fsp3) is 0.222. The number of imidazole rings is 1. The number of benzene rings is 2. The number of hydrogen-bond donors (Lipinski definition) is 2. The molecule has 42 heavy (non-hydrogen) atoms. The van der Waals surface area contributed by atoms with Crippen LogP contribution in [-0.4, -0.2) is 38.7 Å². The number of alkyl halides is 6. The van der Waals surface area contributed by atoms with Crippen LogP contribution in [0.3, 0.4) is 0 Å². The molecule has 0 saturated heterocycles. The van der Waals surface area contributed by atoms with Crippen molar-refractivity contribution in [3.05, 3.63) is 110 Å². The molecule has 1 atom stereocenters. The van der Waals surface area contributed by atoms with Gasteiger partial charge in [0.1, 0.15) is 11.5 Å². The summed E-state index contributed by atoms with van der Waals surface area (Å²) in [7, 11) is 1.41. The Labute approximate surface area is 239 Å². The van der Waals surface area contributed by atoms with Crippen molar-refractivity contribution < 1.29 is 36.2 Å². The first-order valence-electron chi connectivity index (χ1n) is 12.0. The molecule has 2 heterocycles. The molecule has 222 valence electrons. The van der Waals surface area contributed by atoms with Gasteiger partial charge in [-0.15, -0.1) is 0 Å². The van der Waals surface area contributed by atoms with E-state index < -0.39 is 47.3 Å². The molecule has 0 radical (unpaired) electrons. The summed E-state index contributed by atoms with van der Waals surface area (Å²) in [5, 5.41) is 13.7. The van der Waals surface area contributed by atoms with E-state index in [2.05, 4.69) is 10.1 Å². The number of aryl methyl sites for hydroxylation is 1. The summed E-state index contributed by atoms with van der Waals surface area (Å²) in [6.07, 6.45) is -5.98. The molecular formula is C27H22ClF6N5O3. The molecule has 0 aliphatic heterocycles. The molecule has 4 aromatic rings. The molecule has 0 fully saturated rings. The summed E-state index contributed by atoms with van der Waals surface area (Å²) in [6.45, 7) is 0.754. The van der Waals surface area contributed by atoms with E-state index in [0.717, 1.165) is 16.5 Å². The number of nitrogens with two attached hydrogens (primary N) is 1. The summed E-state index contributed by atoms with van der Waals surface area (Å²) >= 11 is 6.24. The summed E-state index contributed by atoms with van der Waals surface area (Å²) in [5.41, 5.74) is -3.52. The fourth-order valence-corrected chi connectivity index (χ4v) is 4.60. The number of methoxy groups -OCH3 is 1. The third-order valence-electron chi connectivity index (χ3n) is 6.34. The van der Waals surface area contributed by atoms with Crippen molar-refractivity contribution in [2.75, 3.05) is 13.7 Å². The lowest BCUT2D eigenvalue weighted by molar-refractivity contribution is -0.143. The van der Waals surface area contributed by atoms with Crippen molar-refractivity contribution in [3.63, 3.8) is 0 Å². The minimum atomic E-state index is -5.14. The van der Waals surface area contributed by atoms with Crippen LogP contribution >= 0.6 is 11.6 Å². The number of hydrogen-bond acceptors (Lipinski definition) is 6. The number of halogens is 7. The Kier molecular flexibility index (Phi) is 8.41. The maximum absolute atomic E-state index is 13.6. The number of rotatable bonds is 7. The number of nitrogens with zero attached hydrogens (tertiary/aromatic N) is 4. The highest BCUT2D eigenvalue weighted by Gasteiger charge is 2.38. The lowest BCUT2D eigenvalue weighted by atomic mass is 9.98. The third kappa shape index (κ3) is 6.14. The first-order valence-corrected chi connectivity index (χ1v) is 12.3. The summed E-state index contributed by atoms with van der Waals surface area (Å²) in [6, 6.07) is 5.05. The topological polar surface area (TPSA) is 108 Å². The van der Waals surface area contributed by atoms with Crippen molar-refractivity contribution in [2.24, 2.45) is 10.9 Å². The third-order valence-corrected chi connectivity index (χ3v) is 6.55. The molecule has 0 bridgehead atoms. The number of aliphatic hydroxyl groups is 1. The van der Waals surface area contributed by atoms with Gasteiger partial charge in [0.05, 0.1) is 59.2 Å². The van der Waals surface area contributed by atoms with E-state index in [4.69, 9.17) is 22.2 Å². The zero-order valence-electron chi connectivity index (χ0n) is 21.8. The number of ether oxygens (including phenoxy) is 1. The van der Waals surface area contributed by atoms with Gasteiger partial charge >= 0.3 is 12.4 Å². The molecule has 0 spiro atoms. The largest absolute Gasteiger partial charge is 0.495 e. The van der Waals surface area contributed by atoms with Gasteiger partial charge in [0.2, 0.25) is 0 Å². The van der Waals surface area contributed by atoms with E-state index in [9.17, 15) is 36.2 Å². The maximum atomic E-state index is 13.6. The molecule has 15 heteroatoms. The molecule has 2 aromatic carbocycles. The van der Waals surface area contributed by atoms with Gasteiger partial charge in [0, 0.05) is 18.0 Å². The lowest BCUT2D eigenvalue weighted by Crippen LogP contribution is -2.32. The van der Waals surface area contributed by atoms with Gasteiger partial charge in [0.25, 0.3) is 5.56 Å². The van der Waals surface area contributed by atoms with Gasteiger partial charge in [-0.25, -0.2) is 4.98 Å². The second-order valence-electron chi connectivity index (χ2n) is 9.11. The highest BCUT2D eigenvalue weighted by atomic mass is 35.5. The first-order chi connectivity index (χ1) is 19.7. The summed E-state index contributed by atoms with van der Waals surface area (Å²) in [4.78, 5) is 17.8. The second-order valence-corrected chi connectivity index (χ2v) is 9.55. The van der Waals surface area contributed by atoms with Crippen LogP contribution in [-0.2, 0) is 12.4 Å². The van der Waals surface area contributed by atoms with Gasteiger partial charge in [-0.2, -0.15) is 31.4 Å². The number of pyridine rings is 1. The zero-order chi connectivity index (χ0) is 31.0. The first kappa shape index (κ1) is 30.7. The predicted molar refractivity (Wildman–Crippen MR) is 142 cm³/mol. The molecule has 0 saturated carbocycles. The Morgan fingerprint density at radius 2 is 1.71 bits per heavy atom. The SMILES string of the molecule is COc1cc(C(=NN)c2cc(Cl)cn(C(CO)c3cc(C(F)(F)F)cc(C(F)(F)F)c3)c2=O)ccc1-n1cnc(C)c1. The fourth-order valence-electron chi connectivity index (χ4n) is 4.38. The molecule has 0 amide bonds. The van der Waals surface area contributed by atoms with E-state index in [1.165, 1.54) is 19.2 Å². The van der Waals surface area contributed by atoms with Crippen LogP contribution in [0.15, 0.2) is 71.1 Å². The highest BCUT2D eigenvalue weighted by Crippen LogP contribution is 2.38. The average molecular weight is 614 g/mol. The van der Waals surface area contributed by atoms with Crippen molar-refractivity contribution in [2.45, 2.75) is 25.3 Å². The molecular weight excluding hydrogens is 592 g/mol. The Morgan fingerprint density at radius 3 is 2.21 bits per heavy atom. The molecule has 0 aliphatic carbocycles. The average Bonchev–Trinajstić information content (AvgIpc) is 3.36. The molecule has 4 rings (SSSR count). The Bertz CT molecular complexity index is 1680. The molecule has 3 N–H and O–H groups in total. The van der Waals surface area contributed by atoms with Crippen LogP contribution < -0.4 is 16.1 Å². The summed E-state index contributed by atoms with van der Waals surface area (Å²) in [5.74, 6) is 5.98. The highest BCUT2D eigenvalue weighted by molar-refractivity contribution is 6.31. The lowest BCUT2D eigenvalue weighted by Gasteiger charge is -2.22. The Hall–Kier alpha value is -4.30. The minimum absolute atomic E-state index is 0.0502. The van der Waals surface area contributed by atoms with Crippen molar-refractivity contribution in [1.82, 2.24) is 14.1 Å². The predicted octanol–water partition coefficient (Wildman–Crippen LogP) is 5.33. The van der Waals surface area contributed by atoms with Crippen LogP contribution in [0.2, 0.25) is 5.02 Å². The molecule has 1 unspecified atom stereocenters. The summed E-state index contributed by atoms with van der Waals surface area (Å²) < 4.78 is 88.8. The number of aromatic nitrogens is 3. The van der Waals surface area contributed by atoms with Crippen LogP contribution in [0, 0.1) is 6.92 Å². The zero-order valence-corrected chi connectivity index (χ0v) is 22.6. The monoisotopic (exact) mass is 613 g/mol. The molecule has 0 aliphatic rings. The van der Waals surface area contributed by atoms with Gasteiger partial charge in [-0.1, -0.05) is 17.7 Å². The van der Waals surface area contributed by atoms with Gasteiger partial charge in [-0.05, 0) is 48.9 Å². The van der Waals surface area contributed by atoms with E-state index in [0.29, 0.717) is 23.6 Å². The van der Waals surface area contributed by atoms with Crippen LogP contribution in [0.1, 0.15) is 39.6 Å². The second kappa shape index (κ2) is 11.5. The Morgan fingerprint density at radius 1 is 1.07 bits per heavy atom. The quantitative estimate of drug-likeness (QED) is 0.127. The van der Waals surface area contributed by atoms with Crippen molar-refractivity contribution >= 4 is 17.3 Å². The van der Waals surface area contributed by atoms with E-state index in [1.54, 1.807) is 36.1 Å². The normalized spacial score (nSPS) is 13.3. The Balaban J connectivity index is 1.86. The standard InChI is InChI=1S/C27H22ClF6N5O3/c1-14-10-38(13-36-14)21-4-3-15(7-23(21)42-2)24(37-35)20-9-19(28)11-39(25(20)41)22(12-40)16-5-17(26(29,30)31)8-18(6-16)27(32,33)34/h3-11,13,22,40H,12,35H2,1-2H3. The van der Waals surface area contributed by atoms with Gasteiger partial charge in [-0.3, -0.25) is 4.79 Å². The number of aliphatic hydroxyl groups excluding tert-OH is 1. The van der Waals surface area contributed by atoms with Crippen molar-refractivity contribution in [3.8, 4) is 11.4 Å². The molecule has 2 aromatic heterocycles. The molecule has 8 nitrogen and oxygen atoms in total. The van der Waals surface area contributed by atoms with Gasteiger partial charge in [0.15, 0.2) is 0 Å².